The van der Waals surface area contributed by atoms with Gasteiger partial charge >= 0.3 is 6.18 Å². The average molecular weight is 457 g/mol. The molecule has 4 aromatic rings. The van der Waals surface area contributed by atoms with Gasteiger partial charge in [0.05, 0.1) is 17.3 Å². The number of rotatable bonds is 5. The third-order valence-corrected chi connectivity index (χ3v) is 6.01. The lowest BCUT2D eigenvalue weighted by molar-refractivity contribution is -0.257. The van der Waals surface area contributed by atoms with Crippen molar-refractivity contribution in [1.29, 1.82) is 0 Å². The molecule has 5 heteroatoms. The van der Waals surface area contributed by atoms with E-state index in [1.807, 2.05) is 12.1 Å². The van der Waals surface area contributed by atoms with Gasteiger partial charge in [-0.1, -0.05) is 109 Å². The Balaban J connectivity index is 1.77. The van der Waals surface area contributed by atoms with Crippen LogP contribution in [0.15, 0.2) is 127 Å². The van der Waals surface area contributed by atoms with Crippen LogP contribution in [0, 0.1) is 0 Å². The zero-order chi connectivity index (χ0) is 23.6. The van der Waals surface area contributed by atoms with E-state index in [9.17, 15) is 0 Å². The van der Waals surface area contributed by atoms with Gasteiger partial charge in [0.25, 0.3) is 0 Å². The first-order chi connectivity index (χ1) is 16.5. The molecule has 0 fully saturated rings. The Hall–Kier alpha value is -3.83. The van der Waals surface area contributed by atoms with Crippen molar-refractivity contribution >= 4 is 11.4 Å². The fraction of sp³-hybridized carbons (Fsp3) is 0.103. The van der Waals surface area contributed by atoms with E-state index in [1.54, 1.807) is 109 Å². The SMILES string of the molecule is FC(F)(F)C1(C(c2ccccc2)c2ccccc2)C=C(c2ccccc2)N(c2ccccc2)O1. The molecule has 0 N–H and O–H groups in total. The maximum Gasteiger partial charge on any atom is 0.424 e. The fourth-order valence-corrected chi connectivity index (χ4v) is 4.46. The van der Waals surface area contributed by atoms with Crippen LogP contribution in [0.25, 0.3) is 5.70 Å². The van der Waals surface area contributed by atoms with Gasteiger partial charge in [-0.25, -0.2) is 9.90 Å². The van der Waals surface area contributed by atoms with Crippen LogP contribution in [0.5, 0.6) is 0 Å². The first-order valence-electron chi connectivity index (χ1n) is 11.0. The monoisotopic (exact) mass is 457 g/mol. The zero-order valence-corrected chi connectivity index (χ0v) is 18.2. The zero-order valence-electron chi connectivity index (χ0n) is 18.2. The molecule has 1 heterocycles. The summed E-state index contributed by atoms with van der Waals surface area (Å²) in [6.45, 7) is 0. The van der Waals surface area contributed by atoms with Crippen molar-refractivity contribution in [3.05, 3.63) is 144 Å². The summed E-state index contributed by atoms with van der Waals surface area (Å²) in [5.74, 6) is -1.12. The standard InChI is InChI=1S/C29H22F3NO/c30-29(31,32)28(27(23-15-7-2-8-16-23)24-17-9-3-10-18-24)21-26(22-13-5-1-6-14-22)33(34-28)25-19-11-4-12-20-25/h1-21,27H. The summed E-state index contributed by atoms with van der Waals surface area (Å²) in [5, 5.41) is 1.31. The molecule has 0 saturated heterocycles. The number of hydrogen-bond acceptors (Lipinski definition) is 2. The normalized spacial score (nSPS) is 18.2. The van der Waals surface area contributed by atoms with Crippen LogP contribution < -0.4 is 5.06 Å². The van der Waals surface area contributed by atoms with Crippen LogP contribution in [-0.2, 0) is 4.84 Å². The molecular weight excluding hydrogens is 435 g/mol. The maximum absolute atomic E-state index is 15.2. The predicted molar refractivity (Wildman–Crippen MR) is 128 cm³/mol. The molecule has 0 aromatic heterocycles. The second-order valence-electron chi connectivity index (χ2n) is 8.16. The minimum Gasteiger partial charge on any atom is -0.247 e. The molecule has 170 valence electrons. The smallest absolute Gasteiger partial charge is 0.247 e. The van der Waals surface area contributed by atoms with E-state index in [-0.39, 0.29) is 0 Å². The van der Waals surface area contributed by atoms with Gasteiger partial charge in [0, 0.05) is 5.56 Å². The molecule has 5 rings (SSSR count). The predicted octanol–water partition coefficient (Wildman–Crippen LogP) is 7.61. The van der Waals surface area contributed by atoms with Crippen molar-refractivity contribution in [1.82, 2.24) is 0 Å². The molecule has 1 unspecified atom stereocenters. The molecule has 1 aliphatic rings. The van der Waals surface area contributed by atoms with E-state index in [2.05, 4.69) is 0 Å². The molecular formula is C29H22F3NO. The van der Waals surface area contributed by atoms with Gasteiger partial charge in [0.15, 0.2) is 0 Å². The Morgan fingerprint density at radius 3 is 1.53 bits per heavy atom. The Labute approximate surface area is 196 Å². The first-order valence-corrected chi connectivity index (χ1v) is 11.0. The molecule has 0 amide bonds. The lowest BCUT2D eigenvalue weighted by Crippen LogP contribution is -2.51. The molecule has 34 heavy (non-hydrogen) atoms. The van der Waals surface area contributed by atoms with Crippen molar-refractivity contribution in [3.8, 4) is 0 Å². The molecule has 1 aliphatic heterocycles. The summed E-state index contributed by atoms with van der Waals surface area (Å²) in [5.41, 5.74) is -0.0902. The van der Waals surface area contributed by atoms with Gasteiger partial charge in [0.1, 0.15) is 0 Å². The van der Waals surface area contributed by atoms with Crippen molar-refractivity contribution < 1.29 is 18.0 Å². The molecule has 0 bridgehead atoms. The fourth-order valence-electron chi connectivity index (χ4n) is 4.46. The molecule has 0 radical (unpaired) electrons. The third-order valence-electron chi connectivity index (χ3n) is 6.01. The van der Waals surface area contributed by atoms with E-state index in [0.717, 1.165) is 0 Å². The Bertz CT molecular complexity index is 1220. The average Bonchev–Trinajstić information content (AvgIpc) is 3.29. The van der Waals surface area contributed by atoms with Gasteiger partial charge in [-0.05, 0) is 29.3 Å². The summed E-state index contributed by atoms with van der Waals surface area (Å²) < 4.78 is 45.7. The molecule has 1 atom stereocenters. The molecule has 0 saturated carbocycles. The lowest BCUT2D eigenvalue weighted by Gasteiger charge is -2.38. The van der Waals surface area contributed by atoms with E-state index in [0.29, 0.717) is 28.1 Å². The highest BCUT2D eigenvalue weighted by Crippen LogP contribution is 2.54. The number of alkyl halides is 3. The molecule has 2 nitrogen and oxygen atoms in total. The highest BCUT2D eigenvalue weighted by Gasteiger charge is 2.65. The number of anilines is 1. The molecule has 4 aromatic carbocycles. The summed E-state index contributed by atoms with van der Waals surface area (Å²) in [4.78, 5) is 6.05. The van der Waals surface area contributed by atoms with Crippen LogP contribution in [0.3, 0.4) is 0 Å². The third kappa shape index (κ3) is 3.88. The first kappa shape index (κ1) is 22.0. The Kier molecular flexibility index (Phi) is 5.72. The Morgan fingerprint density at radius 1 is 0.618 bits per heavy atom. The van der Waals surface area contributed by atoms with Gasteiger partial charge in [-0.15, -0.1) is 0 Å². The van der Waals surface area contributed by atoms with Crippen LogP contribution in [0.1, 0.15) is 22.6 Å². The summed E-state index contributed by atoms with van der Waals surface area (Å²) in [6, 6.07) is 35.3. The number of benzene rings is 4. The van der Waals surface area contributed by atoms with E-state index < -0.39 is 17.7 Å². The number of hydroxylamine groups is 1. The van der Waals surface area contributed by atoms with Crippen molar-refractivity contribution in [2.24, 2.45) is 0 Å². The Morgan fingerprint density at radius 2 is 1.06 bits per heavy atom. The number of hydrogen-bond donors (Lipinski definition) is 0. The molecule has 0 spiro atoms. The number of para-hydroxylation sites is 1. The molecule has 0 aliphatic carbocycles. The van der Waals surface area contributed by atoms with E-state index in [4.69, 9.17) is 4.84 Å². The van der Waals surface area contributed by atoms with Gasteiger partial charge < -0.3 is 0 Å². The summed E-state index contributed by atoms with van der Waals surface area (Å²) >= 11 is 0. The highest BCUT2D eigenvalue weighted by atomic mass is 19.4. The van der Waals surface area contributed by atoms with E-state index >= 15 is 13.2 Å². The number of halogens is 3. The van der Waals surface area contributed by atoms with Crippen LogP contribution in [0.4, 0.5) is 18.9 Å². The van der Waals surface area contributed by atoms with Gasteiger partial charge in [0.2, 0.25) is 5.60 Å². The minimum atomic E-state index is -4.72. The largest absolute Gasteiger partial charge is 0.424 e. The lowest BCUT2D eigenvalue weighted by atomic mass is 9.76. The van der Waals surface area contributed by atoms with Crippen molar-refractivity contribution in [3.63, 3.8) is 0 Å². The van der Waals surface area contributed by atoms with Crippen molar-refractivity contribution in [2.45, 2.75) is 17.7 Å². The summed E-state index contributed by atoms with van der Waals surface area (Å²) in [7, 11) is 0. The van der Waals surface area contributed by atoms with Crippen LogP contribution in [-0.4, -0.2) is 11.8 Å². The topological polar surface area (TPSA) is 12.5 Å². The summed E-state index contributed by atoms with van der Waals surface area (Å²) in [6.07, 6.45) is -3.48. The van der Waals surface area contributed by atoms with Crippen LogP contribution in [0.2, 0.25) is 0 Å². The van der Waals surface area contributed by atoms with Crippen molar-refractivity contribution in [2.75, 3.05) is 5.06 Å². The van der Waals surface area contributed by atoms with Crippen LogP contribution >= 0.6 is 0 Å². The minimum absolute atomic E-state index is 0.348. The second-order valence-corrected chi connectivity index (χ2v) is 8.16. The maximum atomic E-state index is 15.2. The number of nitrogens with zero attached hydrogens (tertiary/aromatic N) is 1. The highest BCUT2D eigenvalue weighted by molar-refractivity contribution is 5.80. The second kappa shape index (κ2) is 8.84. The van der Waals surface area contributed by atoms with Gasteiger partial charge in [-0.2, -0.15) is 13.2 Å². The van der Waals surface area contributed by atoms with E-state index in [1.165, 1.54) is 11.1 Å². The van der Waals surface area contributed by atoms with Gasteiger partial charge in [-0.3, -0.25) is 0 Å². The quantitative estimate of drug-likeness (QED) is 0.306.